The lowest BCUT2D eigenvalue weighted by Gasteiger charge is -2.31. The summed E-state index contributed by atoms with van der Waals surface area (Å²) in [6.45, 7) is 8.85. The van der Waals surface area contributed by atoms with E-state index in [1.165, 1.54) is 4.90 Å². The molecule has 3 atom stereocenters. The standard InChI is InChI=1S/C22H28N2O4/c1-4-26-19-9-11-21(12-10-19)28-20-7-5-18(6-8-20)23-22(25)15-24-13-16(2)27-17(3)14-24/h5-12,16-17H,4,13-15H2,1-3H3,(H,23,25)/p+1/t16-,17+. The van der Waals surface area contributed by atoms with Crippen LogP contribution in [0.3, 0.4) is 0 Å². The van der Waals surface area contributed by atoms with Crippen LogP contribution in [0.4, 0.5) is 5.69 Å². The molecule has 6 heteroatoms. The highest BCUT2D eigenvalue weighted by Gasteiger charge is 2.27. The van der Waals surface area contributed by atoms with E-state index in [2.05, 4.69) is 19.2 Å². The molecule has 1 unspecified atom stereocenters. The van der Waals surface area contributed by atoms with Crippen LogP contribution in [0.15, 0.2) is 48.5 Å². The molecule has 3 rings (SSSR count). The van der Waals surface area contributed by atoms with Crippen LogP contribution >= 0.6 is 0 Å². The Morgan fingerprint density at radius 2 is 1.54 bits per heavy atom. The smallest absolute Gasteiger partial charge is 0.279 e. The van der Waals surface area contributed by atoms with Crippen LogP contribution in [-0.2, 0) is 9.53 Å². The summed E-state index contributed by atoms with van der Waals surface area (Å²) < 4.78 is 17.0. The first-order chi connectivity index (χ1) is 13.5. The molecule has 1 saturated heterocycles. The van der Waals surface area contributed by atoms with Gasteiger partial charge in [0.1, 0.15) is 42.5 Å². The normalized spacial score (nSPS) is 21.8. The average Bonchev–Trinajstić information content (AvgIpc) is 2.64. The van der Waals surface area contributed by atoms with E-state index in [-0.39, 0.29) is 18.1 Å². The van der Waals surface area contributed by atoms with E-state index in [0.717, 1.165) is 30.3 Å². The van der Waals surface area contributed by atoms with Gasteiger partial charge in [-0.05, 0) is 69.3 Å². The first-order valence-corrected chi connectivity index (χ1v) is 9.81. The van der Waals surface area contributed by atoms with E-state index < -0.39 is 0 Å². The van der Waals surface area contributed by atoms with Gasteiger partial charge < -0.3 is 24.4 Å². The molecule has 0 spiro atoms. The first-order valence-electron chi connectivity index (χ1n) is 9.81. The minimum atomic E-state index is 0.0106. The molecule has 0 radical (unpaired) electrons. The topological polar surface area (TPSA) is 61.2 Å². The monoisotopic (exact) mass is 385 g/mol. The number of ether oxygens (including phenoxy) is 3. The number of morpholine rings is 1. The molecule has 2 aromatic carbocycles. The molecule has 0 aromatic heterocycles. The Kier molecular flexibility index (Phi) is 6.90. The van der Waals surface area contributed by atoms with Crippen LogP contribution in [0.25, 0.3) is 0 Å². The Morgan fingerprint density at radius 1 is 1.00 bits per heavy atom. The summed E-state index contributed by atoms with van der Waals surface area (Å²) in [4.78, 5) is 13.6. The maximum atomic E-state index is 12.3. The van der Waals surface area contributed by atoms with Crippen molar-refractivity contribution < 1.29 is 23.9 Å². The zero-order chi connectivity index (χ0) is 19.9. The molecule has 28 heavy (non-hydrogen) atoms. The van der Waals surface area contributed by atoms with E-state index in [1.54, 1.807) is 0 Å². The summed E-state index contributed by atoms with van der Waals surface area (Å²) in [5.74, 6) is 2.28. The Bertz CT molecular complexity index is 751. The zero-order valence-electron chi connectivity index (χ0n) is 16.7. The summed E-state index contributed by atoms with van der Waals surface area (Å²) in [6.07, 6.45) is 0.371. The molecule has 1 amide bonds. The predicted molar refractivity (Wildman–Crippen MR) is 108 cm³/mol. The van der Waals surface area contributed by atoms with Crippen LogP contribution in [0.2, 0.25) is 0 Å². The molecule has 2 aromatic rings. The molecule has 1 fully saturated rings. The molecule has 6 nitrogen and oxygen atoms in total. The molecule has 1 aliphatic heterocycles. The molecular weight excluding hydrogens is 356 g/mol. The average molecular weight is 385 g/mol. The summed E-state index contributed by atoms with van der Waals surface area (Å²) in [6, 6.07) is 14.9. The molecular formula is C22H29N2O4+. The van der Waals surface area contributed by atoms with Gasteiger partial charge in [0.2, 0.25) is 0 Å². The van der Waals surface area contributed by atoms with Crippen molar-refractivity contribution in [3.05, 3.63) is 48.5 Å². The van der Waals surface area contributed by atoms with Crippen molar-refractivity contribution in [2.75, 3.05) is 31.6 Å². The molecule has 0 bridgehead atoms. The van der Waals surface area contributed by atoms with Crippen molar-refractivity contribution in [3.63, 3.8) is 0 Å². The quantitative estimate of drug-likeness (QED) is 0.769. The number of benzene rings is 2. The highest BCUT2D eigenvalue weighted by molar-refractivity contribution is 5.91. The molecule has 2 N–H and O–H groups in total. The van der Waals surface area contributed by atoms with Crippen molar-refractivity contribution in [1.29, 1.82) is 0 Å². The lowest BCUT2D eigenvalue weighted by Crippen LogP contribution is -3.16. The SMILES string of the molecule is CCOc1ccc(Oc2ccc(NC(=O)C[NH+]3C[C@@H](C)O[C@@H](C)C3)cc2)cc1. The Balaban J connectivity index is 1.50. The fourth-order valence-corrected chi connectivity index (χ4v) is 3.48. The van der Waals surface area contributed by atoms with Crippen LogP contribution in [0, 0.1) is 0 Å². The highest BCUT2D eigenvalue weighted by Crippen LogP contribution is 2.25. The second-order valence-electron chi connectivity index (χ2n) is 7.17. The van der Waals surface area contributed by atoms with Crippen LogP contribution in [-0.4, -0.2) is 44.4 Å². The minimum Gasteiger partial charge on any atom is -0.494 e. The fourth-order valence-electron chi connectivity index (χ4n) is 3.48. The Hall–Kier alpha value is -2.57. The van der Waals surface area contributed by atoms with Gasteiger partial charge in [-0.1, -0.05) is 0 Å². The third-order valence-corrected chi connectivity index (χ3v) is 4.54. The minimum absolute atomic E-state index is 0.0106. The summed E-state index contributed by atoms with van der Waals surface area (Å²) in [7, 11) is 0. The van der Waals surface area contributed by atoms with Gasteiger partial charge in [0, 0.05) is 5.69 Å². The lowest BCUT2D eigenvalue weighted by molar-refractivity contribution is -0.907. The van der Waals surface area contributed by atoms with E-state index >= 15 is 0 Å². The number of hydrogen-bond acceptors (Lipinski definition) is 4. The lowest BCUT2D eigenvalue weighted by atomic mass is 10.2. The molecule has 1 heterocycles. The number of hydrogen-bond donors (Lipinski definition) is 2. The third-order valence-electron chi connectivity index (χ3n) is 4.54. The van der Waals surface area contributed by atoms with Crippen molar-refractivity contribution >= 4 is 11.6 Å². The van der Waals surface area contributed by atoms with Gasteiger partial charge in [0.05, 0.1) is 6.61 Å². The van der Waals surface area contributed by atoms with Gasteiger partial charge in [-0.15, -0.1) is 0 Å². The zero-order valence-corrected chi connectivity index (χ0v) is 16.7. The maximum absolute atomic E-state index is 12.3. The largest absolute Gasteiger partial charge is 0.494 e. The van der Waals surface area contributed by atoms with Gasteiger partial charge in [0.25, 0.3) is 5.91 Å². The summed E-state index contributed by atoms with van der Waals surface area (Å²) in [5.41, 5.74) is 0.762. The number of carbonyl (C=O) groups is 1. The Labute approximate surface area is 166 Å². The van der Waals surface area contributed by atoms with Gasteiger partial charge >= 0.3 is 0 Å². The van der Waals surface area contributed by atoms with E-state index in [1.807, 2.05) is 55.5 Å². The van der Waals surface area contributed by atoms with Crippen LogP contribution in [0.5, 0.6) is 17.2 Å². The predicted octanol–water partition coefficient (Wildman–Crippen LogP) is 2.51. The fraction of sp³-hybridized carbons (Fsp3) is 0.409. The second kappa shape index (κ2) is 9.57. The summed E-state index contributed by atoms with van der Waals surface area (Å²) in [5, 5.41) is 2.96. The van der Waals surface area contributed by atoms with E-state index in [9.17, 15) is 4.79 Å². The van der Waals surface area contributed by atoms with Gasteiger partial charge in [-0.2, -0.15) is 0 Å². The van der Waals surface area contributed by atoms with Crippen molar-refractivity contribution in [1.82, 2.24) is 0 Å². The number of anilines is 1. The summed E-state index contributed by atoms with van der Waals surface area (Å²) >= 11 is 0. The number of amides is 1. The van der Waals surface area contributed by atoms with Crippen molar-refractivity contribution in [2.45, 2.75) is 33.0 Å². The van der Waals surface area contributed by atoms with Crippen LogP contribution in [0.1, 0.15) is 20.8 Å². The van der Waals surface area contributed by atoms with E-state index in [0.29, 0.717) is 18.9 Å². The van der Waals surface area contributed by atoms with Gasteiger partial charge in [0.15, 0.2) is 6.54 Å². The second-order valence-corrected chi connectivity index (χ2v) is 7.17. The number of carbonyl (C=O) groups excluding carboxylic acids is 1. The molecule has 1 aliphatic rings. The Morgan fingerprint density at radius 3 is 2.11 bits per heavy atom. The molecule has 150 valence electrons. The highest BCUT2D eigenvalue weighted by atomic mass is 16.5. The number of rotatable bonds is 7. The van der Waals surface area contributed by atoms with Gasteiger partial charge in [-0.3, -0.25) is 4.79 Å². The van der Waals surface area contributed by atoms with E-state index in [4.69, 9.17) is 14.2 Å². The molecule has 0 aliphatic carbocycles. The molecule has 0 saturated carbocycles. The number of quaternary nitrogens is 1. The van der Waals surface area contributed by atoms with Crippen LogP contribution < -0.4 is 19.7 Å². The maximum Gasteiger partial charge on any atom is 0.279 e. The first kappa shape index (κ1) is 20.2. The van der Waals surface area contributed by atoms with Crippen molar-refractivity contribution in [3.8, 4) is 17.2 Å². The third kappa shape index (κ3) is 5.97. The number of nitrogens with one attached hydrogen (secondary N) is 2. The van der Waals surface area contributed by atoms with Crippen molar-refractivity contribution in [2.24, 2.45) is 0 Å². The van der Waals surface area contributed by atoms with Gasteiger partial charge in [-0.25, -0.2) is 0 Å².